The average Bonchev–Trinajstić information content (AvgIpc) is 2.76. The number of methoxy groups -OCH3 is 1. The highest BCUT2D eigenvalue weighted by Gasteiger charge is 2.11. The van der Waals surface area contributed by atoms with Crippen LogP contribution in [-0.2, 0) is 13.5 Å². The molecule has 5 heteroatoms. The van der Waals surface area contributed by atoms with E-state index in [1.165, 1.54) is 0 Å². The van der Waals surface area contributed by atoms with Gasteiger partial charge in [-0.25, -0.2) is 4.98 Å². The molecule has 1 heterocycles. The lowest BCUT2D eigenvalue weighted by Crippen LogP contribution is -2.16. The number of nitrogens with zero attached hydrogens (tertiary/aromatic N) is 2. The second-order valence-corrected chi connectivity index (χ2v) is 5.06. The maximum atomic E-state index is 6.19. The monoisotopic (exact) mass is 309 g/mol. The van der Waals surface area contributed by atoms with Gasteiger partial charge >= 0.3 is 0 Å². The summed E-state index contributed by atoms with van der Waals surface area (Å²) in [5, 5.41) is 0. The lowest BCUT2D eigenvalue weighted by Gasteiger charge is -2.13. The fourth-order valence-electron chi connectivity index (χ4n) is 1.92. The molecule has 0 aliphatic rings. The molecule has 0 aliphatic carbocycles. The fourth-order valence-corrected chi connectivity index (χ4v) is 2.51. The topological polar surface area (TPSA) is 53.1 Å². The Morgan fingerprint density at radius 3 is 2.83 bits per heavy atom. The van der Waals surface area contributed by atoms with Crippen LogP contribution in [0.2, 0.25) is 0 Å². The van der Waals surface area contributed by atoms with Crippen LogP contribution in [0.5, 0.6) is 5.75 Å². The zero-order chi connectivity index (χ0) is 13.1. The van der Waals surface area contributed by atoms with Crippen molar-refractivity contribution in [1.82, 2.24) is 9.55 Å². The molecular weight excluding hydrogens is 294 g/mol. The average molecular weight is 310 g/mol. The summed E-state index contributed by atoms with van der Waals surface area (Å²) in [6, 6.07) is 5.95. The summed E-state index contributed by atoms with van der Waals surface area (Å²) in [6.07, 6.45) is 4.34. The van der Waals surface area contributed by atoms with Crippen molar-refractivity contribution in [2.75, 3.05) is 7.11 Å². The Bertz CT molecular complexity index is 539. The molecule has 0 saturated carbocycles. The smallest absolute Gasteiger partial charge is 0.133 e. The van der Waals surface area contributed by atoms with Gasteiger partial charge in [0.2, 0.25) is 0 Å². The number of rotatable bonds is 4. The first-order valence-electron chi connectivity index (χ1n) is 5.66. The number of aryl methyl sites for hydroxylation is 1. The Morgan fingerprint density at radius 1 is 1.50 bits per heavy atom. The first-order valence-corrected chi connectivity index (χ1v) is 6.45. The number of nitrogens with two attached hydrogens (primary N) is 1. The highest BCUT2D eigenvalue weighted by Crippen LogP contribution is 2.27. The summed E-state index contributed by atoms with van der Waals surface area (Å²) in [7, 11) is 3.60. The molecule has 96 valence electrons. The predicted octanol–water partition coefficient (Wildman–Crippen LogP) is 2.43. The number of halogens is 1. The van der Waals surface area contributed by atoms with E-state index >= 15 is 0 Å². The van der Waals surface area contributed by atoms with E-state index in [4.69, 9.17) is 10.5 Å². The lowest BCUT2D eigenvalue weighted by molar-refractivity contribution is 0.412. The number of benzene rings is 1. The van der Waals surface area contributed by atoms with Gasteiger partial charge in [-0.05, 0) is 40.0 Å². The Balaban J connectivity index is 2.15. The van der Waals surface area contributed by atoms with Crippen LogP contribution in [0.25, 0.3) is 0 Å². The second kappa shape index (κ2) is 5.54. The minimum absolute atomic E-state index is 0.0576. The van der Waals surface area contributed by atoms with Gasteiger partial charge in [0, 0.05) is 13.2 Å². The Labute approximate surface area is 115 Å². The van der Waals surface area contributed by atoms with E-state index in [2.05, 4.69) is 20.9 Å². The van der Waals surface area contributed by atoms with Crippen LogP contribution in [0.15, 0.2) is 35.2 Å². The number of ether oxygens (including phenoxy) is 1. The third-order valence-electron chi connectivity index (χ3n) is 2.91. The van der Waals surface area contributed by atoms with Crippen molar-refractivity contribution in [1.29, 1.82) is 0 Å². The van der Waals surface area contributed by atoms with Gasteiger partial charge in [-0.1, -0.05) is 6.07 Å². The van der Waals surface area contributed by atoms with Crippen LogP contribution < -0.4 is 10.5 Å². The highest BCUT2D eigenvalue weighted by molar-refractivity contribution is 9.10. The zero-order valence-corrected chi connectivity index (χ0v) is 12.0. The van der Waals surface area contributed by atoms with E-state index in [1.807, 2.05) is 36.0 Å². The first kappa shape index (κ1) is 13.1. The van der Waals surface area contributed by atoms with Crippen LogP contribution in [0.1, 0.15) is 17.3 Å². The van der Waals surface area contributed by atoms with E-state index in [0.717, 1.165) is 27.9 Å². The van der Waals surface area contributed by atoms with Gasteiger partial charge in [-0.2, -0.15) is 0 Å². The quantitative estimate of drug-likeness (QED) is 0.943. The van der Waals surface area contributed by atoms with Gasteiger partial charge in [-0.3, -0.25) is 0 Å². The Kier molecular flexibility index (Phi) is 4.04. The minimum atomic E-state index is -0.0576. The van der Waals surface area contributed by atoms with Gasteiger partial charge in [0.1, 0.15) is 5.75 Å². The SMILES string of the molecule is COc1ccc(CC(N)c2cncn2C)cc1Br. The van der Waals surface area contributed by atoms with Crippen molar-refractivity contribution in [3.05, 3.63) is 46.5 Å². The summed E-state index contributed by atoms with van der Waals surface area (Å²) >= 11 is 3.48. The lowest BCUT2D eigenvalue weighted by atomic mass is 10.0. The molecule has 4 nitrogen and oxygen atoms in total. The van der Waals surface area contributed by atoms with Crippen molar-refractivity contribution < 1.29 is 4.74 Å². The summed E-state index contributed by atoms with van der Waals surface area (Å²) in [5.41, 5.74) is 8.38. The number of hydrogen-bond donors (Lipinski definition) is 1. The largest absolute Gasteiger partial charge is 0.496 e. The third-order valence-corrected chi connectivity index (χ3v) is 3.53. The molecule has 1 atom stereocenters. The molecule has 1 aromatic heterocycles. The molecular formula is C13H16BrN3O. The second-order valence-electron chi connectivity index (χ2n) is 4.21. The van der Waals surface area contributed by atoms with Gasteiger partial charge in [0.25, 0.3) is 0 Å². The molecule has 0 saturated heterocycles. The normalized spacial score (nSPS) is 12.4. The highest BCUT2D eigenvalue weighted by atomic mass is 79.9. The zero-order valence-electron chi connectivity index (χ0n) is 10.4. The van der Waals surface area contributed by atoms with Gasteiger partial charge in [-0.15, -0.1) is 0 Å². The molecule has 0 amide bonds. The van der Waals surface area contributed by atoms with E-state index in [-0.39, 0.29) is 6.04 Å². The van der Waals surface area contributed by atoms with Crippen molar-refractivity contribution in [3.8, 4) is 5.75 Å². The molecule has 1 unspecified atom stereocenters. The van der Waals surface area contributed by atoms with Crippen LogP contribution in [-0.4, -0.2) is 16.7 Å². The van der Waals surface area contributed by atoms with Crippen molar-refractivity contribution in [2.45, 2.75) is 12.5 Å². The van der Waals surface area contributed by atoms with Crippen molar-refractivity contribution in [3.63, 3.8) is 0 Å². The van der Waals surface area contributed by atoms with Crippen molar-refractivity contribution >= 4 is 15.9 Å². The van der Waals surface area contributed by atoms with Gasteiger partial charge < -0.3 is 15.0 Å². The minimum Gasteiger partial charge on any atom is -0.496 e. The first-order chi connectivity index (χ1) is 8.61. The standard InChI is InChI=1S/C13H16BrN3O/c1-17-8-16-7-12(17)11(15)6-9-3-4-13(18-2)10(14)5-9/h3-5,7-8,11H,6,15H2,1-2H3. The van der Waals surface area contributed by atoms with E-state index in [9.17, 15) is 0 Å². The van der Waals surface area contributed by atoms with E-state index < -0.39 is 0 Å². The van der Waals surface area contributed by atoms with Crippen molar-refractivity contribution in [2.24, 2.45) is 12.8 Å². The van der Waals surface area contributed by atoms with Crippen LogP contribution in [0.4, 0.5) is 0 Å². The number of aromatic nitrogens is 2. The molecule has 0 radical (unpaired) electrons. The summed E-state index contributed by atoms with van der Waals surface area (Å²) in [5.74, 6) is 0.827. The third kappa shape index (κ3) is 2.73. The molecule has 2 aromatic rings. The molecule has 0 fully saturated rings. The van der Waals surface area contributed by atoms with Crippen LogP contribution in [0, 0.1) is 0 Å². The Hall–Kier alpha value is -1.33. The van der Waals surface area contributed by atoms with E-state index in [1.54, 1.807) is 13.4 Å². The van der Waals surface area contributed by atoms with Crippen LogP contribution >= 0.6 is 15.9 Å². The molecule has 2 rings (SSSR count). The summed E-state index contributed by atoms with van der Waals surface area (Å²) in [6.45, 7) is 0. The van der Waals surface area contributed by atoms with Gasteiger partial charge in [0.15, 0.2) is 0 Å². The molecule has 18 heavy (non-hydrogen) atoms. The fraction of sp³-hybridized carbons (Fsp3) is 0.308. The Morgan fingerprint density at radius 2 is 2.28 bits per heavy atom. The molecule has 1 aromatic carbocycles. The van der Waals surface area contributed by atoms with Crippen LogP contribution in [0.3, 0.4) is 0 Å². The predicted molar refractivity (Wildman–Crippen MR) is 74.5 cm³/mol. The number of imidazole rings is 1. The summed E-state index contributed by atoms with van der Waals surface area (Å²) in [4.78, 5) is 4.08. The summed E-state index contributed by atoms with van der Waals surface area (Å²) < 4.78 is 8.10. The molecule has 2 N–H and O–H groups in total. The van der Waals surface area contributed by atoms with Gasteiger partial charge in [0.05, 0.1) is 29.6 Å². The maximum absolute atomic E-state index is 6.19. The van der Waals surface area contributed by atoms with E-state index in [0.29, 0.717) is 0 Å². The molecule has 0 spiro atoms. The maximum Gasteiger partial charge on any atom is 0.133 e. The number of hydrogen-bond acceptors (Lipinski definition) is 3. The molecule has 0 bridgehead atoms. The molecule has 0 aliphatic heterocycles.